The van der Waals surface area contributed by atoms with Crippen molar-refractivity contribution in [2.75, 3.05) is 50.4 Å². The molecule has 154 valence electrons. The predicted molar refractivity (Wildman–Crippen MR) is 130 cm³/mol. The minimum Gasteiger partial charge on any atom is -0.368 e. The summed E-state index contributed by atoms with van der Waals surface area (Å²) in [5.74, 6) is 1.52. The van der Waals surface area contributed by atoms with Crippen molar-refractivity contribution in [3.8, 4) is 0 Å². The minimum atomic E-state index is -0.853. The maximum Gasteiger partial charge on any atom is 0.193 e. The van der Waals surface area contributed by atoms with Gasteiger partial charge in [0.25, 0.3) is 0 Å². The summed E-state index contributed by atoms with van der Waals surface area (Å²) in [6.45, 7) is 12.5. The van der Waals surface area contributed by atoms with Gasteiger partial charge in [0.2, 0.25) is 0 Å². The number of nitrogens with one attached hydrogen (secondary N) is 1. The smallest absolute Gasteiger partial charge is 0.193 e. The highest BCUT2D eigenvalue weighted by Gasteiger charge is 2.22. The van der Waals surface area contributed by atoms with Gasteiger partial charge in [0, 0.05) is 71.8 Å². The average molecular weight is 527 g/mol. The SMILES string of the molecule is CN=C(NCCS(=O)C(C)(C)C)N1CCN(c2cc(Cl)ccc2C)CC1.I. The summed E-state index contributed by atoms with van der Waals surface area (Å²) in [6.07, 6.45) is 0. The molecule has 1 N–H and O–H groups in total. The van der Waals surface area contributed by atoms with E-state index in [1.165, 1.54) is 11.3 Å². The van der Waals surface area contributed by atoms with Gasteiger partial charge in [-0.2, -0.15) is 0 Å². The summed E-state index contributed by atoms with van der Waals surface area (Å²) >= 11 is 6.16. The van der Waals surface area contributed by atoms with E-state index in [0.717, 1.165) is 37.2 Å². The Balaban J connectivity index is 0.00000364. The number of benzene rings is 1. The highest BCUT2D eigenvalue weighted by molar-refractivity contribution is 14.0. The van der Waals surface area contributed by atoms with Crippen molar-refractivity contribution in [2.45, 2.75) is 32.4 Å². The van der Waals surface area contributed by atoms with Crippen molar-refractivity contribution in [2.24, 2.45) is 4.99 Å². The van der Waals surface area contributed by atoms with Crippen molar-refractivity contribution in [3.63, 3.8) is 0 Å². The van der Waals surface area contributed by atoms with Crippen molar-refractivity contribution < 1.29 is 4.21 Å². The van der Waals surface area contributed by atoms with Crippen molar-refractivity contribution in [1.82, 2.24) is 10.2 Å². The average Bonchev–Trinajstić information content (AvgIpc) is 2.60. The second-order valence-corrected chi connectivity index (χ2v) is 10.3. The first-order chi connectivity index (χ1) is 12.2. The van der Waals surface area contributed by atoms with E-state index in [1.807, 2.05) is 32.9 Å². The van der Waals surface area contributed by atoms with Crippen LogP contribution in [0.4, 0.5) is 5.69 Å². The zero-order valence-electron chi connectivity index (χ0n) is 16.9. The summed E-state index contributed by atoms with van der Waals surface area (Å²) in [6, 6.07) is 6.05. The molecule has 1 atom stereocenters. The maximum atomic E-state index is 12.2. The highest BCUT2D eigenvalue weighted by atomic mass is 127. The number of guanidine groups is 1. The number of nitrogens with zero attached hydrogens (tertiary/aromatic N) is 3. The molecule has 1 unspecified atom stereocenters. The molecular weight excluding hydrogens is 495 g/mol. The van der Waals surface area contributed by atoms with Crippen LogP contribution in [0.1, 0.15) is 26.3 Å². The Morgan fingerprint density at radius 3 is 2.44 bits per heavy atom. The number of piperazine rings is 1. The van der Waals surface area contributed by atoms with E-state index in [1.54, 1.807) is 7.05 Å². The van der Waals surface area contributed by atoms with Crippen LogP contribution < -0.4 is 10.2 Å². The normalized spacial score (nSPS) is 16.7. The van der Waals surface area contributed by atoms with Gasteiger partial charge >= 0.3 is 0 Å². The monoisotopic (exact) mass is 526 g/mol. The lowest BCUT2D eigenvalue weighted by Gasteiger charge is -2.38. The van der Waals surface area contributed by atoms with E-state index in [4.69, 9.17) is 11.6 Å². The zero-order valence-corrected chi connectivity index (χ0v) is 20.8. The molecule has 1 aromatic carbocycles. The molecular formula is C19H32ClIN4OS. The Morgan fingerprint density at radius 2 is 1.89 bits per heavy atom. The first kappa shape index (κ1) is 24.5. The number of anilines is 1. The summed E-state index contributed by atoms with van der Waals surface area (Å²) < 4.78 is 12.0. The number of hydrogen-bond acceptors (Lipinski definition) is 3. The largest absolute Gasteiger partial charge is 0.368 e. The number of aliphatic imine (C=N–C) groups is 1. The summed E-state index contributed by atoms with van der Waals surface area (Å²) in [4.78, 5) is 9.03. The summed E-state index contributed by atoms with van der Waals surface area (Å²) in [7, 11) is 0.949. The van der Waals surface area contributed by atoms with Gasteiger partial charge in [-0.05, 0) is 45.4 Å². The molecule has 1 saturated heterocycles. The third kappa shape index (κ3) is 7.09. The van der Waals surface area contributed by atoms with Crippen LogP contribution in [0.25, 0.3) is 0 Å². The molecule has 1 fully saturated rings. The third-order valence-corrected chi connectivity index (χ3v) is 6.73. The Kier molecular flexibility index (Phi) is 9.85. The maximum absolute atomic E-state index is 12.2. The standard InChI is InChI=1S/C19H31ClN4OS.HI/c1-15-6-7-16(20)14-17(15)23-9-11-24(12-10-23)18(21-5)22-8-13-26(25)19(2,3)4;/h6-7,14H,8-13H2,1-5H3,(H,21,22);1H. The fraction of sp³-hybridized carbons (Fsp3) is 0.632. The topological polar surface area (TPSA) is 47.9 Å². The van der Waals surface area contributed by atoms with Crippen LogP contribution in [-0.2, 0) is 10.8 Å². The molecule has 0 amide bonds. The molecule has 2 rings (SSSR count). The van der Waals surface area contributed by atoms with Crippen molar-refractivity contribution in [3.05, 3.63) is 28.8 Å². The Labute approximate surface area is 188 Å². The molecule has 5 nitrogen and oxygen atoms in total. The van der Waals surface area contributed by atoms with E-state index < -0.39 is 10.8 Å². The second kappa shape index (κ2) is 10.9. The van der Waals surface area contributed by atoms with Crippen molar-refractivity contribution >= 4 is 58.0 Å². The molecule has 1 aromatic rings. The first-order valence-corrected chi connectivity index (χ1v) is 10.8. The van der Waals surface area contributed by atoms with Crippen LogP contribution in [0, 0.1) is 6.92 Å². The van der Waals surface area contributed by atoms with Crippen LogP contribution in [0.2, 0.25) is 5.02 Å². The Bertz CT molecular complexity index is 670. The fourth-order valence-corrected chi connectivity index (χ4v) is 4.04. The lowest BCUT2D eigenvalue weighted by Crippen LogP contribution is -2.53. The van der Waals surface area contributed by atoms with Crippen LogP contribution in [0.15, 0.2) is 23.2 Å². The minimum absolute atomic E-state index is 0. The lowest BCUT2D eigenvalue weighted by atomic mass is 10.1. The number of aryl methyl sites for hydroxylation is 1. The van der Waals surface area contributed by atoms with Crippen LogP contribution in [0.5, 0.6) is 0 Å². The third-order valence-electron chi connectivity index (χ3n) is 4.56. The predicted octanol–water partition coefficient (Wildman–Crippen LogP) is 3.51. The van der Waals surface area contributed by atoms with E-state index in [-0.39, 0.29) is 28.7 Å². The quantitative estimate of drug-likeness (QED) is 0.371. The molecule has 1 aliphatic heterocycles. The molecule has 0 radical (unpaired) electrons. The second-order valence-electron chi connectivity index (χ2n) is 7.54. The first-order valence-electron chi connectivity index (χ1n) is 9.07. The zero-order chi connectivity index (χ0) is 19.3. The van der Waals surface area contributed by atoms with Gasteiger partial charge in [0.15, 0.2) is 5.96 Å². The molecule has 8 heteroatoms. The highest BCUT2D eigenvalue weighted by Crippen LogP contribution is 2.25. The fourth-order valence-electron chi connectivity index (χ4n) is 2.98. The molecule has 0 spiro atoms. The molecule has 0 aromatic heterocycles. The van der Waals surface area contributed by atoms with E-state index in [9.17, 15) is 4.21 Å². The van der Waals surface area contributed by atoms with Gasteiger partial charge in [-0.25, -0.2) is 0 Å². The van der Waals surface area contributed by atoms with Gasteiger partial charge in [0.05, 0.1) is 0 Å². The molecule has 27 heavy (non-hydrogen) atoms. The molecule has 0 saturated carbocycles. The van der Waals surface area contributed by atoms with Gasteiger partial charge < -0.3 is 15.1 Å². The Hall–Kier alpha value is -0.540. The van der Waals surface area contributed by atoms with Gasteiger partial charge in [-0.15, -0.1) is 24.0 Å². The van der Waals surface area contributed by atoms with Crippen LogP contribution in [-0.4, -0.2) is 65.3 Å². The molecule has 1 aliphatic rings. The molecule has 0 bridgehead atoms. The number of hydrogen-bond donors (Lipinski definition) is 1. The summed E-state index contributed by atoms with van der Waals surface area (Å²) in [5.41, 5.74) is 2.45. The van der Waals surface area contributed by atoms with E-state index in [0.29, 0.717) is 12.3 Å². The van der Waals surface area contributed by atoms with Gasteiger partial charge in [0.1, 0.15) is 0 Å². The summed E-state index contributed by atoms with van der Waals surface area (Å²) in [5, 5.41) is 4.14. The number of halogens is 2. The van der Waals surface area contributed by atoms with Gasteiger partial charge in [-0.1, -0.05) is 17.7 Å². The lowest BCUT2D eigenvalue weighted by molar-refractivity contribution is 0.373. The Morgan fingerprint density at radius 1 is 1.26 bits per heavy atom. The van der Waals surface area contributed by atoms with Crippen LogP contribution >= 0.6 is 35.6 Å². The number of rotatable bonds is 4. The molecule has 1 heterocycles. The van der Waals surface area contributed by atoms with Gasteiger partial charge in [-0.3, -0.25) is 9.20 Å². The van der Waals surface area contributed by atoms with Crippen molar-refractivity contribution in [1.29, 1.82) is 0 Å². The molecule has 0 aliphatic carbocycles. The van der Waals surface area contributed by atoms with E-state index >= 15 is 0 Å². The van der Waals surface area contributed by atoms with E-state index in [2.05, 4.69) is 33.1 Å². The van der Waals surface area contributed by atoms with Crippen LogP contribution in [0.3, 0.4) is 0 Å².